The van der Waals surface area contributed by atoms with E-state index in [4.69, 9.17) is 0 Å². The number of halogens is 1. The monoisotopic (exact) mass is 295 g/mol. The summed E-state index contributed by atoms with van der Waals surface area (Å²) >= 11 is 3.40. The van der Waals surface area contributed by atoms with E-state index in [1.807, 2.05) is 30.0 Å². The van der Waals surface area contributed by atoms with Crippen LogP contribution in [0.5, 0.6) is 0 Å². The number of carbonyl (C=O) groups is 1. The molecule has 0 aliphatic rings. The molecule has 17 heavy (non-hydrogen) atoms. The summed E-state index contributed by atoms with van der Waals surface area (Å²) in [6, 6.07) is 5.78. The highest BCUT2D eigenvalue weighted by atomic mass is 79.9. The van der Waals surface area contributed by atoms with Crippen molar-refractivity contribution in [3.8, 4) is 0 Å². The molecular weight excluding hydrogens is 278 g/mol. The molecule has 0 aliphatic heterocycles. The third kappa shape index (κ3) is 3.70. The fourth-order valence-corrected chi connectivity index (χ4v) is 2.06. The third-order valence-corrected chi connectivity index (χ3v) is 3.05. The zero-order valence-electron chi connectivity index (χ0n) is 10.4. The average Bonchev–Trinajstić information content (AvgIpc) is 2.31. The lowest BCUT2D eigenvalue weighted by atomic mass is 10.1. The van der Waals surface area contributed by atoms with Gasteiger partial charge in [0.1, 0.15) is 0 Å². The number of rotatable bonds is 5. The number of carbonyl (C=O) groups excluding carboxylic acids is 1. The largest absolute Gasteiger partial charge is 0.335 e. The Bertz CT molecular complexity index is 415. The summed E-state index contributed by atoms with van der Waals surface area (Å²) in [5.74, 6) is 0.0746. The Morgan fingerprint density at radius 2 is 2.24 bits per heavy atom. The molecule has 2 nitrogen and oxygen atoms in total. The van der Waals surface area contributed by atoms with Crippen LogP contribution >= 0.6 is 15.9 Å². The molecule has 0 spiro atoms. The minimum atomic E-state index is 0.0746. The van der Waals surface area contributed by atoms with Crippen molar-refractivity contribution >= 4 is 21.8 Å². The SMILES string of the molecule is C=CCN(CCC)C(=O)c1cc(Br)ccc1C. The molecule has 0 saturated carbocycles. The van der Waals surface area contributed by atoms with Crippen molar-refractivity contribution in [1.29, 1.82) is 0 Å². The average molecular weight is 296 g/mol. The number of nitrogens with zero attached hydrogens (tertiary/aromatic N) is 1. The zero-order chi connectivity index (χ0) is 12.8. The van der Waals surface area contributed by atoms with Gasteiger partial charge in [0, 0.05) is 23.1 Å². The summed E-state index contributed by atoms with van der Waals surface area (Å²) in [4.78, 5) is 14.2. The Kier molecular flexibility index (Phi) is 5.42. The van der Waals surface area contributed by atoms with Crippen LogP contribution in [0.15, 0.2) is 35.3 Å². The lowest BCUT2D eigenvalue weighted by molar-refractivity contribution is 0.0773. The van der Waals surface area contributed by atoms with Crippen LogP contribution in [0, 0.1) is 6.92 Å². The van der Waals surface area contributed by atoms with Crippen LogP contribution in [0.3, 0.4) is 0 Å². The fourth-order valence-electron chi connectivity index (χ4n) is 1.70. The first-order valence-electron chi connectivity index (χ1n) is 5.76. The number of amides is 1. The second-order valence-corrected chi connectivity index (χ2v) is 4.91. The van der Waals surface area contributed by atoms with Crippen molar-refractivity contribution in [3.63, 3.8) is 0 Å². The van der Waals surface area contributed by atoms with E-state index < -0.39 is 0 Å². The maximum absolute atomic E-state index is 12.4. The highest BCUT2D eigenvalue weighted by Crippen LogP contribution is 2.18. The molecule has 0 fully saturated rings. The highest BCUT2D eigenvalue weighted by Gasteiger charge is 2.15. The van der Waals surface area contributed by atoms with Gasteiger partial charge in [0.2, 0.25) is 0 Å². The summed E-state index contributed by atoms with van der Waals surface area (Å²) < 4.78 is 0.932. The molecule has 92 valence electrons. The van der Waals surface area contributed by atoms with Gasteiger partial charge < -0.3 is 4.90 Å². The predicted molar refractivity (Wildman–Crippen MR) is 75.3 cm³/mol. The molecule has 0 aromatic heterocycles. The summed E-state index contributed by atoms with van der Waals surface area (Å²) in [6.45, 7) is 9.07. The second-order valence-electron chi connectivity index (χ2n) is 4.00. The van der Waals surface area contributed by atoms with Crippen LogP contribution < -0.4 is 0 Å². The minimum absolute atomic E-state index is 0.0746. The van der Waals surface area contributed by atoms with E-state index in [-0.39, 0.29) is 5.91 Å². The Morgan fingerprint density at radius 1 is 1.53 bits per heavy atom. The van der Waals surface area contributed by atoms with Gasteiger partial charge in [-0.3, -0.25) is 4.79 Å². The zero-order valence-corrected chi connectivity index (χ0v) is 12.0. The molecule has 1 aromatic carbocycles. The van der Waals surface area contributed by atoms with Crippen LogP contribution in [0.2, 0.25) is 0 Å². The number of hydrogen-bond donors (Lipinski definition) is 0. The topological polar surface area (TPSA) is 20.3 Å². The molecule has 0 aliphatic carbocycles. The molecule has 0 atom stereocenters. The highest BCUT2D eigenvalue weighted by molar-refractivity contribution is 9.10. The van der Waals surface area contributed by atoms with Gasteiger partial charge in [-0.2, -0.15) is 0 Å². The lowest BCUT2D eigenvalue weighted by Crippen LogP contribution is -2.32. The molecule has 1 rings (SSSR count). The summed E-state index contributed by atoms with van der Waals surface area (Å²) in [5, 5.41) is 0. The molecule has 0 heterocycles. The Hall–Kier alpha value is -1.09. The normalized spacial score (nSPS) is 10.1. The molecule has 0 saturated heterocycles. The van der Waals surface area contributed by atoms with Crippen molar-refractivity contribution in [2.75, 3.05) is 13.1 Å². The van der Waals surface area contributed by atoms with E-state index in [9.17, 15) is 4.79 Å². The van der Waals surface area contributed by atoms with Gasteiger partial charge in [0.05, 0.1) is 0 Å². The Balaban J connectivity index is 2.99. The van der Waals surface area contributed by atoms with Crippen LogP contribution in [0.4, 0.5) is 0 Å². The van der Waals surface area contributed by atoms with E-state index in [1.165, 1.54) is 0 Å². The van der Waals surface area contributed by atoms with Crippen molar-refractivity contribution < 1.29 is 4.79 Å². The fraction of sp³-hybridized carbons (Fsp3) is 0.357. The van der Waals surface area contributed by atoms with Gasteiger partial charge >= 0.3 is 0 Å². The van der Waals surface area contributed by atoms with E-state index >= 15 is 0 Å². The van der Waals surface area contributed by atoms with Gasteiger partial charge in [0.25, 0.3) is 5.91 Å². The maximum atomic E-state index is 12.4. The first-order chi connectivity index (χ1) is 8.10. The van der Waals surface area contributed by atoms with Gasteiger partial charge in [-0.05, 0) is 31.0 Å². The van der Waals surface area contributed by atoms with Crippen molar-refractivity contribution in [2.45, 2.75) is 20.3 Å². The van der Waals surface area contributed by atoms with Crippen LogP contribution in [0.25, 0.3) is 0 Å². The van der Waals surface area contributed by atoms with E-state index in [2.05, 4.69) is 29.4 Å². The Labute approximate surface area is 111 Å². The molecule has 0 N–H and O–H groups in total. The molecule has 3 heteroatoms. The Morgan fingerprint density at radius 3 is 2.82 bits per heavy atom. The van der Waals surface area contributed by atoms with Crippen LogP contribution in [0.1, 0.15) is 29.3 Å². The molecule has 1 aromatic rings. The molecule has 0 bridgehead atoms. The third-order valence-electron chi connectivity index (χ3n) is 2.56. The smallest absolute Gasteiger partial charge is 0.254 e. The minimum Gasteiger partial charge on any atom is -0.335 e. The molecule has 1 amide bonds. The second kappa shape index (κ2) is 6.60. The number of benzene rings is 1. The number of hydrogen-bond acceptors (Lipinski definition) is 1. The summed E-state index contributed by atoms with van der Waals surface area (Å²) in [6.07, 6.45) is 2.72. The number of aryl methyl sites for hydroxylation is 1. The molecular formula is C14H18BrNO. The van der Waals surface area contributed by atoms with E-state index in [0.717, 1.165) is 28.6 Å². The molecule has 0 unspecified atom stereocenters. The predicted octanol–water partition coefficient (Wildman–Crippen LogP) is 3.80. The first-order valence-corrected chi connectivity index (χ1v) is 6.55. The summed E-state index contributed by atoms with van der Waals surface area (Å²) in [5.41, 5.74) is 1.76. The van der Waals surface area contributed by atoms with Gasteiger partial charge in [-0.1, -0.05) is 35.0 Å². The van der Waals surface area contributed by atoms with Gasteiger partial charge in [-0.25, -0.2) is 0 Å². The van der Waals surface area contributed by atoms with Crippen molar-refractivity contribution in [1.82, 2.24) is 4.90 Å². The maximum Gasteiger partial charge on any atom is 0.254 e. The van der Waals surface area contributed by atoms with Crippen LogP contribution in [-0.4, -0.2) is 23.9 Å². The van der Waals surface area contributed by atoms with E-state index in [0.29, 0.717) is 6.54 Å². The molecule has 0 radical (unpaired) electrons. The standard InChI is InChI=1S/C14H18BrNO/c1-4-8-16(9-5-2)14(17)13-10-12(15)7-6-11(13)3/h4,6-7,10H,1,5,8-9H2,2-3H3. The van der Waals surface area contributed by atoms with Gasteiger partial charge in [-0.15, -0.1) is 6.58 Å². The van der Waals surface area contributed by atoms with Crippen LogP contribution in [-0.2, 0) is 0 Å². The summed E-state index contributed by atoms with van der Waals surface area (Å²) in [7, 11) is 0. The van der Waals surface area contributed by atoms with E-state index in [1.54, 1.807) is 6.08 Å². The van der Waals surface area contributed by atoms with Crippen molar-refractivity contribution in [3.05, 3.63) is 46.5 Å². The quantitative estimate of drug-likeness (QED) is 0.757. The van der Waals surface area contributed by atoms with Crippen molar-refractivity contribution in [2.24, 2.45) is 0 Å². The first kappa shape index (κ1) is 14.0. The lowest BCUT2D eigenvalue weighted by Gasteiger charge is -2.21. The van der Waals surface area contributed by atoms with Gasteiger partial charge in [0.15, 0.2) is 0 Å².